The minimum Gasteiger partial charge on any atom is -0.376 e. The van der Waals surface area contributed by atoms with E-state index in [0.717, 1.165) is 31.5 Å². The third-order valence-corrected chi connectivity index (χ3v) is 6.70. The second kappa shape index (κ2) is 7.21. The van der Waals surface area contributed by atoms with Gasteiger partial charge in [0.2, 0.25) is 5.95 Å². The Labute approximate surface area is 179 Å². The average Bonchev–Trinajstić information content (AvgIpc) is 3.45. The summed E-state index contributed by atoms with van der Waals surface area (Å²) in [5.41, 5.74) is 7.87. The highest BCUT2D eigenvalue weighted by Crippen LogP contribution is 2.41. The van der Waals surface area contributed by atoms with Crippen molar-refractivity contribution in [1.82, 2.24) is 29.5 Å². The molecule has 2 atom stereocenters. The molecule has 0 bridgehead atoms. The molecule has 0 aliphatic carbocycles. The highest BCUT2D eigenvalue weighted by Gasteiger charge is 2.47. The van der Waals surface area contributed by atoms with Gasteiger partial charge in [-0.05, 0) is 25.7 Å². The summed E-state index contributed by atoms with van der Waals surface area (Å²) >= 11 is 0. The van der Waals surface area contributed by atoms with Gasteiger partial charge in [0.05, 0.1) is 24.5 Å². The number of nitrogens with two attached hydrogens (primary N) is 1. The fourth-order valence-corrected chi connectivity index (χ4v) is 4.67. The highest BCUT2D eigenvalue weighted by atomic mass is 16.5. The molecule has 162 valence electrons. The lowest BCUT2D eigenvalue weighted by Gasteiger charge is -2.41. The summed E-state index contributed by atoms with van der Waals surface area (Å²) in [5.74, 6) is 6.59. The highest BCUT2D eigenvalue weighted by molar-refractivity contribution is 5.81. The third kappa shape index (κ3) is 3.21. The second-order valence-corrected chi connectivity index (χ2v) is 8.62. The number of aromatic nitrogens is 6. The van der Waals surface area contributed by atoms with Crippen LogP contribution in [0.4, 0.5) is 5.95 Å². The summed E-state index contributed by atoms with van der Waals surface area (Å²) < 4.78 is 9.07. The number of hydrogen-bond donors (Lipinski definition) is 2. The maximum Gasteiger partial charge on any atom is 0.267 e. The summed E-state index contributed by atoms with van der Waals surface area (Å²) in [6.45, 7) is 4.29. The van der Waals surface area contributed by atoms with E-state index in [4.69, 9.17) is 15.5 Å². The second-order valence-electron chi connectivity index (χ2n) is 8.62. The molecular weight excluding hydrogens is 396 g/mol. The van der Waals surface area contributed by atoms with E-state index in [9.17, 15) is 4.79 Å². The molecule has 0 saturated carbocycles. The monoisotopic (exact) mass is 422 g/mol. The van der Waals surface area contributed by atoms with Crippen LogP contribution in [0.5, 0.6) is 0 Å². The minimum atomic E-state index is -0.168. The van der Waals surface area contributed by atoms with E-state index >= 15 is 0 Å². The Morgan fingerprint density at radius 2 is 2.06 bits per heavy atom. The number of anilines is 1. The largest absolute Gasteiger partial charge is 0.376 e. The van der Waals surface area contributed by atoms with Crippen molar-refractivity contribution >= 4 is 17.0 Å². The Morgan fingerprint density at radius 1 is 1.29 bits per heavy atom. The van der Waals surface area contributed by atoms with Gasteiger partial charge >= 0.3 is 0 Å². The zero-order chi connectivity index (χ0) is 21.8. The number of nitrogens with zero attached hydrogens (tertiary/aromatic N) is 6. The Bertz CT molecular complexity index is 1250. The fraction of sp³-hybridized carbons (Fsp3) is 0.524. The number of aromatic amines is 1. The average molecular weight is 422 g/mol. The molecule has 3 N–H and O–H groups in total. The van der Waals surface area contributed by atoms with Gasteiger partial charge in [0.25, 0.3) is 5.56 Å². The van der Waals surface area contributed by atoms with Crippen molar-refractivity contribution in [2.24, 2.45) is 25.2 Å². The van der Waals surface area contributed by atoms with Crippen LogP contribution in [0, 0.1) is 17.3 Å². The number of ether oxygens (including phenoxy) is 1. The molecule has 2 fully saturated rings. The number of nitrogens with one attached hydrogen (secondary N) is 1. The fourth-order valence-electron chi connectivity index (χ4n) is 4.67. The Morgan fingerprint density at radius 3 is 2.71 bits per heavy atom. The lowest BCUT2D eigenvalue weighted by atomic mass is 9.73. The molecule has 0 radical (unpaired) electrons. The van der Waals surface area contributed by atoms with Crippen molar-refractivity contribution in [2.45, 2.75) is 31.9 Å². The molecule has 2 aliphatic heterocycles. The first-order chi connectivity index (χ1) is 14.9. The molecule has 10 heteroatoms. The number of rotatable bonds is 1. The maximum atomic E-state index is 13.1. The van der Waals surface area contributed by atoms with Gasteiger partial charge in [-0.1, -0.05) is 5.92 Å². The summed E-state index contributed by atoms with van der Waals surface area (Å²) in [7, 11) is 3.57. The first-order valence-electron chi connectivity index (χ1n) is 10.5. The van der Waals surface area contributed by atoms with Gasteiger partial charge in [-0.2, -0.15) is 15.2 Å². The predicted molar refractivity (Wildman–Crippen MR) is 116 cm³/mol. The maximum absolute atomic E-state index is 13.1. The molecule has 0 unspecified atom stereocenters. The molecule has 10 nitrogen and oxygen atoms in total. The summed E-state index contributed by atoms with van der Waals surface area (Å²) in [4.78, 5) is 20.0. The topological polar surface area (TPSA) is 120 Å². The molecule has 0 aromatic carbocycles. The summed E-state index contributed by atoms with van der Waals surface area (Å²) in [5, 5.41) is 11.6. The summed E-state index contributed by atoms with van der Waals surface area (Å²) in [6, 6.07) is 0.0439. The molecule has 5 heterocycles. The normalized spacial score (nSPS) is 22.8. The van der Waals surface area contributed by atoms with Crippen LogP contribution in [0.2, 0.25) is 0 Å². The number of aryl methyl sites for hydroxylation is 1. The number of fused-ring (bicyclic) bond motifs is 1. The standard InChI is InChI=1S/C21H26N8O2/c1-13-17(22)21(12-31-13)6-8-29(9-7-21)20-24-18-16(19(30)28(20)3)15(25-26-18)5-4-14-10-23-27(2)11-14/h10-11,13,17H,6-9,12,22H2,1-3H3,(H,25,26)/t13-,17+/m0/s1. The van der Waals surface area contributed by atoms with Crippen molar-refractivity contribution in [3.63, 3.8) is 0 Å². The van der Waals surface area contributed by atoms with Crippen LogP contribution >= 0.6 is 0 Å². The van der Waals surface area contributed by atoms with Crippen LogP contribution < -0.4 is 16.2 Å². The van der Waals surface area contributed by atoms with E-state index in [0.29, 0.717) is 29.3 Å². The van der Waals surface area contributed by atoms with Crippen molar-refractivity contribution in [2.75, 3.05) is 24.6 Å². The zero-order valence-electron chi connectivity index (χ0n) is 17.9. The molecular formula is C21H26N8O2. The van der Waals surface area contributed by atoms with E-state index in [-0.39, 0.29) is 23.1 Å². The van der Waals surface area contributed by atoms with Crippen LogP contribution in [0.3, 0.4) is 0 Å². The van der Waals surface area contributed by atoms with E-state index in [2.05, 4.69) is 32.0 Å². The van der Waals surface area contributed by atoms with Crippen molar-refractivity contribution in [3.05, 3.63) is 34.0 Å². The molecule has 2 saturated heterocycles. The van der Waals surface area contributed by atoms with E-state index in [1.807, 2.05) is 20.2 Å². The first-order valence-corrected chi connectivity index (χ1v) is 10.5. The molecule has 3 aromatic rings. The van der Waals surface area contributed by atoms with Crippen molar-refractivity contribution in [3.8, 4) is 11.8 Å². The van der Waals surface area contributed by atoms with Crippen LogP contribution in [-0.4, -0.2) is 61.4 Å². The minimum absolute atomic E-state index is 0.0158. The van der Waals surface area contributed by atoms with Crippen molar-refractivity contribution in [1.29, 1.82) is 0 Å². The van der Waals surface area contributed by atoms with Gasteiger partial charge in [0.1, 0.15) is 5.39 Å². The number of piperidine rings is 1. The van der Waals surface area contributed by atoms with Gasteiger partial charge < -0.3 is 15.4 Å². The van der Waals surface area contributed by atoms with E-state index in [1.165, 1.54) is 0 Å². The van der Waals surface area contributed by atoms with E-state index < -0.39 is 0 Å². The quantitative estimate of drug-likeness (QED) is 0.535. The lowest BCUT2D eigenvalue weighted by Crippen LogP contribution is -2.51. The Balaban J connectivity index is 1.44. The van der Waals surface area contributed by atoms with Gasteiger partial charge in [-0.15, -0.1) is 0 Å². The van der Waals surface area contributed by atoms with Crippen LogP contribution in [0.15, 0.2) is 17.2 Å². The number of hydrogen-bond acceptors (Lipinski definition) is 7. The third-order valence-electron chi connectivity index (χ3n) is 6.70. The molecule has 3 aromatic heterocycles. The molecule has 1 spiro atoms. The zero-order valence-corrected chi connectivity index (χ0v) is 17.9. The molecule has 0 amide bonds. The Hall–Kier alpha value is -3.16. The van der Waals surface area contributed by atoms with Gasteiger partial charge in [-0.25, -0.2) is 0 Å². The van der Waals surface area contributed by atoms with Crippen LogP contribution in [-0.2, 0) is 18.8 Å². The van der Waals surface area contributed by atoms with Gasteiger partial charge in [0, 0.05) is 44.8 Å². The van der Waals surface area contributed by atoms with Crippen LogP contribution in [0.1, 0.15) is 31.0 Å². The van der Waals surface area contributed by atoms with E-state index in [1.54, 1.807) is 22.5 Å². The van der Waals surface area contributed by atoms with Crippen LogP contribution in [0.25, 0.3) is 11.0 Å². The molecule has 31 heavy (non-hydrogen) atoms. The Kier molecular flexibility index (Phi) is 4.60. The molecule has 5 rings (SSSR count). The van der Waals surface area contributed by atoms with Gasteiger partial charge in [-0.3, -0.25) is 19.1 Å². The SMILES string of the molecule is C[C@@H]1OCC2(CCN(c3nc4[nH]nc(C#Cc5cnn(C)c5)c4c(=O)n3C)CC2)[C@@H]1N. The van der Waals surface area contributed by atoms with Gasteiger partial charge in [0.15, 0.2) is 11.3 Å². The van der Waals surface area contributed by atoms with Crippen molar-refractivity contribution < 1.29 is 4.74 Å². The lowest BCUT2D eigenvalue weighted by molar-refractivity contribution is 0.0973. The first kappa shape index (κ1) is 19.8. The summed E-state index contributed by atoms with van der Waals surface area (Å²) in [6.07, 6.45) is 5.39. The molecule has 2 aliphatic rings. The predicted octanol–water partition coefficient (Wildman–Crippen LogP) is 0.123. The number of H-pyrrole nitrogens is 1. The smallest absolute Gasteiger partial charge is 0.267 e.